The Morgan fingerprint density at radius 3 is 2.07 bits per heavy atom. The second kappa shape index (κ2) is 16.5. The van der Waals surface area contributed by atoms with Gasteiger partial charge in [-0.15, -0.1) is 11.3 Å². The highest BCUT2D eigenvalue weighted by Crippen LogP contribution is 2.46. The summed E-state index contributed by atoms with van der Waals surface area (Å²) in [7, 11) is -4.28. The van der Waals surface area contributed by atoms with Gasteiger partial charge in [-0.3, -0.25) is 14.5 Å². The van der Waals surface area contributed by atoms with Crippen LogP contribution in [0.25, 0.3) is 10.2 Å². The molecule has 0 radical (unpaired) electrons. The molecule has 5 aromatic rings. The lowest BCUT2D eigenvalue weighted by atomic mass is 10.0. The number of hydrogen-bond acceptors (Lipinski definition) is 12. The van der Waals surface area contributed by atoms with Crippen LogP contribution in [-0.4, -0.2) is 59.6 Å². The predicted octanol–water partition coefficient (Wildman–Crippen LogP) is 7.20. The summed E-state index contributed by atoms with van der Waals surface area (Å²) in [5.41, 5.74) is -5.17. The minimum Gasteiger partial charge on any atom is -0.484 e. The van der Waals surface area contributed by atoms with Crippen molar-refractivity contribution in [2.45, 2.75) is 34.3 Å². The number of fused-ring (bicyclic) bond motifs is 1. The van der Waals surface area contributed by atoms with Gasteiger partial charge in [-0.2, -0.15) is 21.6 Å². The van der Waals surface area contributed by atoms with Crippen LogP contribution >= 0.6 is 32.9 Å². The summed E-state index contributed by atoms with van der Waals surface area (Å²) < 4.78 is 82.3. The maximum Gasteiger partial charge on any atom is 0.534 e. The second-order valence-electron chi connectivity index (χ2n) is 11.4. The number of aromatic nitrogens is 1. The fourth-order valence-corrected chi connectivity index (χ4v) is 9.62. The molecule has 1 aliphatic heterocycles. The number of ether oxygens (including phenoxy) is 2. The summed E-state index contributed by atoms with van der Waals surface area (Å²) in [5, 5.41) is 1.35. The van der Waals surface area contributed by atoms with Crippen LogP contribution in [0, 0.1) is 0 Å². The molecule has 54 heavy (non-hydrogen) atoms. The Labute approximate surface area is 319 Å². The quantitative estimate of drug-likeness (QED) is 0.0232. The number of allylic oxidation sites excluding steroid dienone is 1. The Morgan fingerprint density at radius 1 is 0.907 bits per heavy atom. The summed E-state index contributed by atoms with van der Waals surface area (Å²) >= 11 is 1.32. The standard InChI is InChI=1S/C36H28F3N3O8S4/c1-22(50-54(46,47)36(37,38)39)30(34(45)49-31(23-13-5-2-6-14-23)24-15-7-3-8-16-24)42-32(44)29(41-28(43)21-48-25-17-9-4-10-18-25)33(42)52-53-35-40-26-19-11-12-20-27(26)51-35/h2-20,29,31,33H,21H2,1H3,(H,41,43)/t29-,33-/m1/s1. The molecular formula is C36H28F3N3O8S4. The molecule has 0 saturated carbocycles. The van der Waals surface area contributed by atoms with Crippen LogP contribution in [0.2, 0.25) is 0 Å². The number of hydrogen-bond donors (Lipinski definition) is 1. The van der Waals surface area contributed by atoms with Crippen molar-refractivity contribution in [3.8, 4) is 5.75 Å². The van der Waals surface area contributed by atoms with E-state index in [-0.39, 0.29) is 0 Å². The molecule has 1 aromatic heterocycles. The molecule has 18 heteroatoms. The molecule has 4 aromatic carbocycles. The third-order valence-electron chi connectivity index (χ3n) is 7.68. The zero-order valence-corrected chi connectivity index (χ0v) is 31.1. The molecule has 1 fully saturated rings. The minimum absolute atomic E-state index is 0.379. The van der Waals surface area contributed by atoms with Gasteiger partial charge in [0, 0.05) is 0 Å². The van der Waals surface area contributed by atoms with Crippen LogP contribution in [0.15, 0.2) is 131 Å². The van der Waals surface area contributed by atoms with E-state index in [0.29, 0.717) is 26.7 Å². The zero-order chi connectivity index (χ0) is 38.5. The molecule has 0 unspecified atom stereocenters. The number of thiazole rings is 1. The largest absolute Gasteiger partial charge is 0.534 e. The van der Waals surface area contributed by atoms with Gasteiger partial charge in [0.15, 0.2) is 22.7 Å². The van der Waals surface area contributed by atoms with Crippen molar-refractivity contribution in [2.75, 3.05) is 6.61 Å². The number of esters is 1. The van der Waals surface area contributed by atoms with E-state index >= 15 is 0 Å². The van der Waals surface area contributed by atoms with Crippen LogP contribution in [0.5, 0.6) is 5.75 Å². The molecule has 0 aliphatic carbocycles. The molecule has 1 aliphatic rings. The highest BCUT2D eigenvalue weighted by Gasteiger charge is 2.55. The van der Waals surface area contributed by atoms with Gasteiger partial charge in [-0.1, -0.05) is 102 Å². The lowest BCUT2D eigenvalue weighted by Gasteiger charge is -2.46. The van der Waals surface area contributed by atoms with E-state index in [9.17, 15) is 36.0 Å². The fraction of sp³-hybridized carbons (Fsp3) is 0.167. The van der Waals surface area contributed by atoms with E-state index in [0.717, 1.165) is 38.1 Å². The summed E-state index contributed by atoms with van der Waals surface area (Å²) in [6.07, 6.45) is -1.15. The van der Waals surface area contributed by atoms with E-state index in [4.69, 9.17) is 9.47 Å². The van der Waals surface area contributed by atoms with Crippen molar-refractivity contribution >= 4 is 71.0 Å². The van der Waals surface area contributed by atoms with Gasteiger partial charge in [-0.05, 0) is 53.1 Å². The maximum absolute atomic E-state index is 14.2. The van der Waals surface area contributed by atoms with E-state index in [2.05, 4.69) is 14.5 Å². The number of likely N-dealkylation sites (tertiary alicyclic amines) is 1. The van der Waals surface area contributed by atoms with E-state index in [1.54, 1.807) is 103 Å². The van der Waals surface area contributed by atoms with Crippen LogP contribution in [0.1, 0.15) is 24.2 Å². The van der Waals surface area contributed by atoms with Crippen molar-refractivity contribution in [1.29, 1.82) is 0 Å². The predicted molar refractivity (Wildman–Crippen MR) is 197 cm³/mol. The number of rotatable bonds is 14. The SMILES string of the molecule is CC(OS(=O)(=O)C(F)(F)F)=C(C(=O)OC(c1ccccc1)c1ccccc1)N1C(=O)[C@@H](NC(=O)COc2ccccc2)[C@H]1SSc1nc2ccccc2s1. The molecular weight excluding hydrogens is 788 g/mol. The number of nitrogens with one attached hydrogen (secondary N) is 1. The van der Waals surface area contributed by atoms with Crippen molar-refractivity contribution < 1.29 is 49.6 Å². The zero-order valence-electron chi connectivity index (χ0n) is 27.8. The number of β-lactam (4-membered cyclic amide) rings is 1. The lowest BCUT2D eigenvalue weighted by molar-refractivity contribution is -0.155. The molecule has 6 rings (SSSR count). The molecule has 0 spiro atoms. The van der Waals surface area contributed by atoms with Crippen molar-refractivity contribution in [1.82, 2.24) is 15.2 Å². The van der Waals surface area contributed by atoms with Gasteiger partial charge >= 0.3 is 21.6 Å². The first-order valence-electron chi connectivity index (χ1n) is 15.8. The van der Waals surface area contributed by atoms with Crippen molar-refractivity contribution in [3.05, 3.63) is 138 Å². The average molecular weight is 816 g/mol. The molecule has 280 valence electrons. The Bertz CT molecular complexity index is 2200. The Balaban J connectivity index is 1.36. The number of amides is 2. The van der Waals surface area contributed by atoms with Crippen LogP contribution in [0.4, 0.5) is 13.2 Å². The summed E-state index contributed by atoms with van der Waals surface area (Å²) in [6.45, 7) is 0.304. The van der Waals surface area contributed by atoms with Crippen LogP contribution < -0.4 is 10.1 Å². The molecule has 1 N–H and O–H groups in total. The van der Waals surface area contributed by atoms with Crippen LogP contribution in [-0.2, 0) is 33.4 Å². The minimum atomic E-state index is -6.31. The first-order valence-corrected chi connectivity index (χ1v) is 20.3. The van der Waals surface area contributed by atoms with Gasteiger partial charge in [0.1, 0.15) is 22.9 Å². The first-order chi connectivity index (χ1) is 25.8. The third-order valence-corrected chi connectivity index (χ3v) is 12.7. The first kappa shape index (κ1) is 38.7. The highest BCUT2D eigenvalue weighted by atomic mass is 33.1. The molecule has 0 bridgehead atoms. The monoisotopic (exact) mass is 815 g/mol. The highest BCUT2D eigenvalue weighted by molar-refractivity contribution is 8.77. The number of carbonyl (C=O) groups is 3. The maximum atomic E-state index is 14.2. The smallest absolute Gasteiger partial charge is 0.484 e. The van der Waals surface area contributed by atoms with E-state index < -0.39 is 69.0 Å². The summed E-state index contributed by atoms with van der Waals surface area (Å²) in [5.74, 6) is -3.76. The summed E-state index contributed by atoms with van der Waals surface area (Å²) in [6, 6.07) is 31.1. The van der Waals surface area contributed by atoms with Gasteiger partial charge in [-0.25, -0.2) is 9.78 Å². The van der Waals surface area contributed by atoms with Gasteiger partial charge in [0.2, 0.25) is 0 Å². The number of para-hydroxylation sites is 2. The Kier molecular flexibility index (Phi) is 11.8. The van der Waals surface area contributed by atoms with Gasteiger partial charge < -0.3 is 19.0 Å². The Morgan fingerprint density at radius 2 is 1.48 bits per heavy atom. The average Bonchev–Trinajstić information content (AvgIpc) is 3.58. The van der Waals surface area contributed by atoms with Crippen LogP contribution in [0.3, 0.4) is 0 Å². The number of halogens is 3. The van der Waals surface area contributed by atoms with Crippen molar-refractivity contribution in [2.24, 2.45) is 0 Å². The molecule has 11 nitrogen and oxygen atoms in total. The number of carbonyl (C=O) groups excluding carboxylic acids is 3. The normalized spacial score (nSPS) is 16.4. The molecule has 1 saturated heterocycles. The van der Waals surface area contributed by atoms with E-state index in [1.165, 1.54) is 11.3 Å². The molecule has 2 amide bonds. The Hall–Kier alpha value is -5.04. The molecule has 2 heterocycles. The number of alkyl halides is 3. The lowest BCUT2D eigenvalue weighted by Crippen LogP contribution is -2.69. The van der Waals surface area contributed by atoms with E-state index in [1.807, 2.05) is 12.1 Å². The van der Waals surface area contributed by atoms with Crippen molar-refractivity contribution in [3.63, 3.8) is 0 Å². The topological polar surface area (TPSA) is 141 Å². The molecule has 2 atom stereocenters. The van der Waals surface area contributed by atoms with Gasteiger partial charge in [0.25, 0.3) is 11.8 Å². The number of benzene rings is 4. The summed E-state index contributed by atoms with van der Waals surface area (Å²) in [4.78, 5) is 46.5. The third kappa shape index (κ3) is 8.83. The fourth-order valence-electron chi connectivity index (χ4n) is 5.20. The second-order valence-corrected chi connectivity index (χ2v) is 16.5. The number of nitrogens with zero attached hydrogens (tertiary/aromatic N) is 2. The van der Waals surface area contributed by atoms with Gasteiger partial charge in [0.05, 0.1) is 10.2 Å².